The van der Waals surface area contributed by atoms with Crippen LogP contribution in [0, 0.1) is 11.3 Å². The zero-order valence-electron chi connectivity index (χ0n) is 24.3. The van der Waals surface area contributed by atoms with Crippen LogP contribution in [0.5, 0.6) is 11.5 Å². The maximum atomic E-state index is 13.8. The van der Waals surface area contributed by atoms with Crippen LogP contribution >= 0.6 is 23.2 Å². The predicted octanol–water partition coefficient (Wildman–Crippen LogP) is 2.96. The van der Waals surface area contributed by atoms with E-state index in [0.29, 0.717) is 6.54 Å². The maximum Gasteiger partial charge on any atom is 0.342 e. The molecule has 2 aromatic carbocycles. The molecule has 0 radical (unpaired) electrons. The van der Waals surface area contributed by atoms with E-state index < -0.39 is 32.2 Å². The van der Waals surface area contributed by atoms with Gasteiger partial charge in [0.05, 0.1) is 23.9 Å². The number of nitrogens with one attached hydrogen (secondary N) is 1. The Labute approximate surface area is 267 Å². The minimum absolute atomic E-state index is 0.0359. The van der Waals surface area contributed by atoms with E-state index in [2.05, 4.69) is 15.1 Å². The van der Waals surface area contributed by atoms with Gasteiger partial charge < -0.3 is 15.0 Å². The van der Waals surface area contributed by atoms with Crippen LogP contribution in [-0.4, -0.2) is 114 Å². The molecule has 0 aromatic heterocycles. The summed E-state index contributed by atoms with van der Waals surface area (Å²) in [5, 5.41) is 13.5. The molecule has 0 unspecified atom stereocenters. The van der Waals surface area contributed by atoms with Gasteiger partial charge in [0.2, 0.25) is 10.0 Å². The van der Waals surface area contributed by atoms with Crippen molar-refractivity contribution in [2.45, 2.75) is 23.8 Å². The monoisotopic (exact) mass is 688 g/mol. The highest BCUT2D eigenvalue weighted by molar-refractivity contribution is 7.89. The Morgan fingerprint density at radius 2 is 1.66 bits per heavy atom. The van der Waals surface area contributed by atoms with E-state index >= 15 is 0 Å². The van der Waals surface area contributed by atoms with Crippen molar-refractivity contribution in [2.75, 3.05) is 65.7 Å². The number of ether oxygens (including phenoxy) is 1. The van der Waals surface area contributed by atoms with Crippen molar-refractivity contribution in [2.24, 2.45) is 0 Å². The van der Waals surface area contributed by atoms with E-state index in [1.54, 1.807) is 0 Å². The van der Waals surface area contributed by atoms with Gasteiger partial charge >= 0.3 is 6.03 Å². The predicted molar refractivity (Wildman–Crippen MR) is 165 cm³/mol. The lowest BCUT2D eigenvalue weighted by molar-refractivity contribution is -0.0547. The molecular formula is C27H34Cl2N6O7S2. The van der Waals surface area contributed by atoms with Crippen molar-refractivity contribution < 1.29 is 30.7 Å². The number of halogens is 2. The van der Waals surface area contributed by atoms with Gasteiger partial charge in [0.25, 0.3) is 10.1 Å². The summed E-state index contributed by atoms with van der Waals surface area (Å²) >= 11 is 12.1. The van der Waals surface area contributed by atoms with E-state index in [1.165, 1.54) is 40.7 Å². The molecule has 2 saturated heterocycles. The molecule has 0 saturated carbocycles. The molecule has 2 fully saturated rings. The Morgan fingerprint density at radius 1 is 1.02 bits per heavy atom. The van der Waals surface area contributed by atoms with Gasteiger partial charge in [-0.15, -0.1) is 4.28 Å². The van der Waals surface area contributed by atoms with Crippen LogP contribution in [0.2, 0.25) is 10.0 Å². The van der Waals surface area contributed by atoms with Gasteiger partial charge in [-0.2, -0.15) is 23.0 Å². The largest absolute Gasteiger partial charge is 0.456 e. The number of hydrogen-bond donors (Lipinski definition) is 1. The Bertz CT molecular complexity index is 1580. The Balaban J connectivity index is 1.46. The van der Waals surface area contributed by atoms with Crippen LogP contribution in [0.25, 0.3) is 0 Å². The first-order valence-electron chi connectivity index (χ1n) is 13.8. The fourth-order valence-electron chi connectivity index (χ4n) is 4.91. The lowest BCUT2D eigenvalue weighted by Gasteiger charge is -2.36. The topological polar surface area (TPSA) is 153 Å². The third-order valence-electron chi connectivity index (χ3n) is 7.23. The summed E-state index contributed by atoms with van der Waals surface area (Å²) in [7, 11) is -6.20. The van der Waals surface area contributed by atoms with Gasteiger partial charge in [0.1, 0.15) is 16.4 Å². The first-order chi connectivity index (χ1) is 20.7. The van der Waals surface area contributed by atoms with E-state index in [1.807, 2.05) is 13.1 Å². The van der Waals surface area contributed by atoms with Crippen LogP contribution in [0.4, 0.5) is 4.79 Å². The average molecular weight is 690 g/mol. The molecule has 0 spiro atoms. The number of hydrogen-bond acceptors (Lipinski definition) is 10. The highest BCUT2D eigenvalue weighted by atomic mass is 35.5. The Hall–Kier alpha value is -2.68. The highest BCUT2D eigenvalue weighted by Crippen LogP contribution is 2.35. The number of rotatable bonds is 10. The summed E-state index contributed by atoms with van der Waals surface area (Å²) in [6.07, 6.45) is 1.03. The second kappa shape index (κ2) is 14.6. The van der Waals surface area contributed by atoms with Gasteiger partial charge in [-0.3, -0.25) is 4.90 Å². The second-order valence-corrected chi connectivity index (χ2v) is 14.9. The Kier molecular flexibility index (Phi) is 11.4. The zero-order valence-corrected chi connectivity index (χ0v) is 27.4. The van der Waals surface area contributed by atoms with E-state index in [0.717, 1.165) is 37.5 Å². The molecule has 2 heterocycles. The van der Waals surface area contributed by atoms with E-state index in [9.17, 15) is 26.9 Å². The lowest BCUT2D eigenvalue weighted by atomic mass is 10.1. The van der Waals surface area contributed by atoms with Crippen LogP contribution in [0.1, 0.15) is 18.4 Å². The van der Waals surface area contributed by atoms with Crippen LogP contribution in [0.15, 0.2) is 41.3 Å². The highest BCUT2D eigenvalue weighted by Gasteiger charge is 2.37. The number of hydroxylamine groups is 2. The normalized spacial score (nSPS) is 17.6. The SMILES string of the molecule is CN1CCN(CCNC(=O)N(OS(C)(=O)=O)C2CCN(S(=O)(=O)c3cc(C#N)ccc3Oc3cc(Cl)cc(Cl)c3)CC2)CC1. The zero-order chi connectivity index (χ0) is 32.1. The number of carbonyl (C=O) groups excluding carboxylic acids is 1. The minimum atomic E-state index is -4.20. The molecule has 1 N–H and O–H groups in total. The molecule has 0 atom stereocenters. The number of piperidine rings is 1. The standard InChI is InChI=1S/C27H34Cl2N6O7S2/c1-32-11-13-33(14-12-32)10-7-31-27(36)35(42-43(2,37)38)23-5-8-34(9-6-23)44(39,40)26-15-20(19-30)3-4-25(26)41-24-17-21(28)16-22(29)18-24/h3-4,15-18,23H,5-14H2,1-2H3,(H,31,36). The van der Waals surface area contributed by atoms with Crippen LogP contribution < -0.4 is 10.1 Å². The molecule has 44 heavy (non-hydrogen) atoms. The fraction of sp³-hybridized carbons (Fsp3) is 0.481. The van der Waals surface area contributed by atoms with E-state index in [4.69, 9.17) is 32.2 Å². The molecule has 4 rings (SSSR count). The van der Waals surface area contributed by atoms with Crippen molar-refractivity contribution in [1.29, 1.82) is 5.26 Å². The maximum absolute atomic E-state index is 13.8. The second-order valence-electron chi connectivity index (χ2n) is 10.6. The summed E-state index contributed by atoms with van der Waals surface area (Å²) in [4.78, 5) is 17.2. The molecule has 0 bridgehead atoms. The third-order valence-corrected chi connectivity index (χ3v) is 10.0. The summed E-state index contributed by atoms with van der Waals surface area (Å²) in [6.45, 7) is 4.34. The van der Waals surface area contributed by atoms with Crippen molar-refractivity contribution in [3.05, 3.63) is 52.0 Å². The number of benzene rings is 2. The van der Waals surface area contributed by atoms with Gasteiger partial charge in [-0.1, -0.05) is 23.2 Å². The molecule has 2 aliphatic rings. The average Bonchev–Trinajstić information content (AvgIpc) is 2.96. The van der Waals surface area contributed by atoms with Crippen molar-refractivity contribution >= 4 is 49.4 Å². The first kappa shape index (κ1) is 34.2. The first-order valence-corrected chi connectivity index (χ1v) is 17.8. The number of sulfonamides is 1. The quantitative estimate of drug-likeness (QED) is 0.369. The van der Waals surface area contributed by atoms with E-state index in [-0.39, 0.29) is 64.5 Å². The smallest absolute Gasteiger partial charge is 0.342 e. The molecular weight excluding hydrogens is 655 g/mol. The number of amides is 2. The number of nitrogens with zero attached hydrogens (tertiary/aromatic N) is 5. The van der Waals surface area contributed by atoms with Gasteiger partial charge in [0.15, 0.2) is 0 Å². The van der Waals surface area contributed by atoms with Crippen LogP contribution in [-0.2, 0) is 24.4 Å². The number of nitriles is 1. The van der Waals surface area contributed by atoms with Gasteiger partial charge in [-0.25, -0.2) is 13.2 Å². The number of likely N-dealkylation sites (N-methyl/N-ethyl adjacent to an activating group) is 1. The molecule has 0 aliphatic carbocycles. The molecule has 13 nitrogen and oxygen atoms in total. The molecule has 2 aromatic rings. The third kappa shape index (κ3) is 9.18. The van der Waals surface area contributed by atoms with Gasteiger partial charge in [-0.05, 0) is 56.3 Å². The van der Waals surface area contributed by atoms with Crippen LogP contribution in [0.3, 0.4) is 0 Å². The molecule has 2 aliphatic heterocycles. The summed E-state index contributed by atoms with van der Waals surface area (Å²) in [5.74, 6) is 0.167. The summed E-state index contributed by atoms with van der Waals surface area (Å²) in [5.41, 5.74) is 0.107. The minimum Gasteiger partial charge on any atom is -0.456 e. The number of urea groups is 1. The fourth-order valence-corrected chi connectivity index (χ4v) is 7.51. The van der Waals surface area contributed by atoms with Crippen molar-refractivity contribution in [1.82, 2.24) is 24.5 Å². The summed E-state index contributed by atoms with van der Waals surface area (Å²) < 4.78 is 63.8. The van der Waals surface area contributed by atoms with Crippen molar-refractivity contribution in [3.63, 3.8) is 0 Å². The molecule has 2 amide bonds. The summed E-state index contributed by atoms with van der Waals surface area (Å²) in [6, 6.07) is 8.97. The Morgan fingerprint density at radius 3 is 2.25 bits per heavy atom. The number of carbonyl (C=O) groups is 1. The number of piperazine rings is 1. The lowest BCUT2D eigenvalue weighted by Crippen LogP contribution is -2.53. The van der Waals surface area contributed by atoms with Gasteiger partial charge in [0, 0.05) is 62.4 Å². The molecule has 240 valence electrons. The van der Waals surface area contributed by atoms with Crippen molar-refractivity contribution in [3.8, 4) is 17.6 Å². The molecule has 17 heteroatoms.